The second kappa shape index (κ2) is 4.46. The Hall–Kier alpha value is -2.08. The molecule has 2 aromatic carbocycles. The molecule has 2 atom stereocenters. The molecule has 104 valence electrons. The van der Waals surface area contributed by atoms with Gasteiger partial charge in [-0.05, 0) is 39.5 Å². The molecule has 2 aliphatic rings. The lowest BCUT2D eigenvalue weighted by molar-refractivity contribution is 0.594. The average molecular weight is 272 g/mol. The van der Waals surface area contributed by atoms with E-state index in [0.717, 1.165) is 0 Å². The standard InChI is InChI=1S/C21H20/c1-21(2)19-17(15-9-5-3-6-10-15)13-14-18(20(19)21)16-11-7-4-8-12-16/h3-14,19-20H,1-2H3/t19-,20-/m0/s1. The highest BCUT2D eigenvalue weighted by atomic mass is 14.6. The van der Waals surface area contributed by atoms with Crippen molar-refractivity contribution in [2.24, 2.45) is 17.3 Å². The van der Waals surface area contributed by atoms with Gasteiger partial charge in [0.2, 0.25) is 0 Å². The minimum atomic E-state index is 0.361. The minimum Gasteiger partial charge on any atom is -0.0622 e. The van der Waals surface area contributed by atoms with E-state index in [1.54, 1.807) is 0 Å². The first kappa shape index (κ1) is 12.6. The van der Waals surface area contributed by atoms with Gasteiger partial charge in [-0.15, -0.1) is 0 Å². The molecule has 0 aliphatic heterocycles. The van der Waals surface area contributed by atoms with Crippen molar-refractivity contribution < 1.29 is 0 Å². The summed E-state index contributed by atoms with van der Waals surface area (Å²) in [5, 5.41) is 0. The lowest BCUT2D eigenvalue weighted by Crippen LogP contribution is -1.97. The quantitative estimate of drug-likeness (QED) is 0.683. The lowest BCUT2D eigenvalue weighted by Gasteiger charge is -2.14. The van der Waals surface area contributed by atoms with E-state index in [1.165, 1.54) is 22.3 Å². The second-order valence-electron chi connectivity index (χ2n) is 6.75. The maximum atomic E-state index is 2.40. The zero-order valence-corrected chi connectivity index (χ0v) is 12.6. The van der Waals surface area contributed by atoms with E-state index in [2.05, 4.69) is 86.7 Å². The maximum absolute atomic E-state index is 2.40. The van der Waals surface area contributed by atoms with Crippen LogP contribution < -0.4 is 0 Å². The minimum absolute atomic E-state index is 0.361. The van der Waals surface area contributed by atoms with Gasteiger partial charge in [-0.3, -0.25) is 0 Å². The fraction of sp³-hybridized carbons (Fsp3) is 0.238. The Balaban J connectivity index is 1.80. The molecule has 21 heavy (non-hydrogen) atoms. The van der Waals surface area contributed by atoms with E-state index >= 15 is 0 Å². The first-order valence-corrected chi connectivity index (χ1v) is 7.72. The molecule has 0 unspecified atom stereocenters. The predicted molar refractivity (Wildman–Crippen MR) is 89.6 cm³/mol. The Labute approximate surface area is 126 Å². The Morgan fingerprint density at radius 2 is 1.00 bits per heavy atom. The monoisotopic (exact) mass is 272 g/mol. The van der Waals surface area contributed by atoms with Gasteiger partial charge in [0.05, 0.1) is 0 Å². The van der Waals surface area contributed by atoms with E-state index in [-0.39, 0.29) is 0 Å². The molecule has 2 aliphatic carbocycles. The Kier molecular flexibility index (Phi) is 2.68. The Bertz CT molecular complexity index is 654. The van der Waals surface area contributed by atoms with Crippen LogP contribution in [0.5, 0.6) is 0 Å². The highest BCUT2D eigenvalue weighted by Crippen LogP contribution is 2.69. The molecule has 0 radical (unpaired) electrons. The van der Waals surface area contributed by atoms with Crippen molar-refractivity contribution in [3.8, 4) is 0 Å². The molecule has 0 amide bonds. The van der Waals surface area contributed by atoms with Crippen molar-refractivity contribution in [1.29, 1.82) is 0 Å². The van der Waals surface area contributed by atoms with Crippen LogP contribution in [0.25, 0.3) is 11.1 Å². The molecule has 0 saturated heterocycles. The first-order chi connectivity index (χ1) is 10.2. The van der Waals surface area contributed by atoms with Gasteiger partial charge in [-0.25, -0.2) is 0 Å². The van der Waals surface area contributed by atoms with Gasteiger partial charge in [0.1, 0.15) is 0 Å². The summed E-state index contributed by atoms with van der Waals surface area (Å²) < 4.78 is 0. The molecule has 4 rings (SSSR count). The second-order valence-corrected chi connectivity index (χ2v) is 6.75. The van der Waals surface area contributed by atoms with Crippen LogP contribution in [0.1, 0.15) is 25.0 Å². The van der Waals surface area contributed by atoms with E-state index < -0.39 is 0 Å². The number of benzene rings is 2. The average Bonchev–Trinajstić information content (AvgIpc) is 3.12. The van der Waals surface area contributed by atoms with E-state index in [4.69, 9.17) is 0 Å². The predicted octanol–water partition coefficient (Wildman–Crippen LogP) is 5.44. The molecule has 0 nitrogen and oxygen atoms in total. The van der Waals surface area contributed by atoms with Crippen molar-refractivity contribution in [1.82, 2.24) is 0 Å². The van der Waals surface area contributed by atoms with Crippen LogP contribution in [0, 0.1) is 17.3 Å². The number of allylic oxidation sites excluding steroid dienone is 4. The van der Waals surface area contributed by atoms with E-state index in [0.29, 0.717) is 17.3 Å². The number of fused-ring (bicyclic) bond motifs is 1. The summed E-state index contributed by atoms with van der Waals surface area (Å²) in [4.78, 5) is 0. The van der Waals surface area contributed by atoms with E-state index in [9.17, 15) is 0 Å². The molecule has 0 N–H and O–H groups in total. The molecule has 0 spiro atoms. The van der Waals surface area contributed by atoms with Gasteiger partial charge in [0.15, 0.2) is 0 Å². The fourth-order valence-corrected chi connectivity index (χ4v) is 4.00. The molecular weight excluding hydrogens is 252 g/mol. The van der Waals surface area contributed by atoms with Crippen molar-refractivity contribution in [3.05, 3.63) is 83.9 Å². The van der Waals surface area contributed by atoms with Crippen LogP contribution >= 0.6 is 0 Å². The largest absolute Gasteiger partial charge is 0.0622 e. The van der Waals surface area contributed by atoms with Crippen molar-refractivity contribution in [2.75, 3.05) is 0 Å². The van der Waals surface area contributed by atoms with Gasteiger partial charge in [-0.2, -0.15) is 0 Å². The molecule has 2 aromatic rings. The number of hydrogen-bond acceptors (Lipinski definition) is 0. The van der Waals surface area contributed by atoms with Crippen LogP contribution in [-0.4, -0.2) is 0 Å². The zero-order valence-electron chi connectivity index (χ0n) is 12.6. The molecule has 1 saturated carbocycles. The van der Waals surface area contributed by atoms with Crippen LogP contribution in [-0.2, 0) is 0 Å². The molecule has 1 fully saturated rings. The highest BCUT2D eigenvalue weighted by molar-refractivity contribution is 5.86. The van der Waals surface area contributed by atoms with Gasteiger partial charge >= 0.3 is 0 Å². The third-order valence-electron chi connectivity index (χ3n) is 5.15. The molecule has 0 aromatic heterocycles. The smallest absolute Gasteiger partial charge is 0.00242 e. The van der Waals surface area contributed by atoms with Gasteiger partial charge < -0.3 is 0 Å². The summed E-state index contributed by atoms with van der Waals surface area (Å²) >= 11 is 0. The molecular formula is C21H20. The first-order valence-electron chi connectivity index (χ1n) is 7.72. The summed E-state index contributed by atoms with van der Waals surface area (Å²) in [6.07, 6.45) is 4.68. The number of hydrogen-bond donors (Lipinski definition) is 0. The van der Waals surface area contributed by atoms with Crippen LogP contribution in [0.3, 0.4) is 0 Å². The van der Waals surface area contributed by atoms with Crippen molar-refractivity contribution >= 4 is 11.1 Å². The fourth-order valence-electron chi connectivity index (χ4n) is 4.00. The third kappa shape index (κ3) is 1.90. The summed E-state index contributed by atoms with van der Waals surface area (Å²) in [6, 6.07) is 21.7. The van der Waals surface area contributed by atoms with Crippen molar-refractivity contribution in [2.45, 2.75) is 13.8 Å². The van der Waals surface area contributed by atoms with Crippen LogP contribution in [0.2, 0.25) is 0 Å². The van der Waals surface area contributed by atoms with Crippen LogP contribution in [0.4, 0.5) is 0 Å². The SMILES string of the molecule is CC1(C)[C@H]2C(c3ccccc3)=CC=C(c3ccccc3)[C@@H]21. The molecule has 0 heterocycles. The number of rotatable bonds is 2. The summed E-state index contributed by atoms with van der Waals surface area (Å²) in [5.74, 6) is 1.31. The Morgan fingerprint density at radius 3 is 1.38 bits per heavy atom. The zero-order chi connectivity index (χ0) is 14.4. The topological polar surface area (TPSA) is 0 Å². The van der Waals surface area contributed by atoms with Crippen LogP contribution in [0.15, 0.2) is 72.8 Å². The van der Waals surface area contributed by atoms with Crippen molar-refractivity contribution in [3.63, 3.8) is 0 Å². The van der Waals surface area contributed by atoms with Gasteiger partial charge in [0, 0.05) is 0 Å². The summed E-state index contributed by atoms with van der Waals surface area (Å²) in [6.45, 7) is 4.81. The molecule has 0 heteroatoms. The van der Waals surface area contributed by atoms with Gasteiger partial charge in [0.25, 0.3) is 0 Å². The summed E-state index contributed by atoms with van der Waals surface area (Å²) in [7, 11) is 0. The molecule has 0 bridgehead atoms. The van der Waals surface area contributed by atoms with Gasteiger partial charge in [-0.1, -0.05) is 86.7 Å². The normalized spacial score (nSPS) is 25.6. The summed E-state index contributed by atoms with van der Waals surface area (Å²) in [5.41, 5.74) is 6.12. The Morgan fingerprint density at radius 1 is 0.619 bits per heavy atom. The maximum Gasteiger partial charge on any atom is -0.00242 e. The third-order valence-corrected chi connectivity index (χ3v) is 5.15. The lowest BCUT2D eigenvalue weighted by atomic mass is 9.90. The highest BCUT2D eigenvalue weighted by Gasteiger charge is 2.61. The van der Waals surface area contributed by atoms with E-state index in [1.807, 2.05) is 0 Å².